The predicted molar refractivity (Wildman–Crippen MR) is 60.9 cm³/mol. The summed E-state index contributed by atoms with van der Waals surface area (Å²) in [5.74, 6) is -0.781. The molecule has 0 bridgehead atoms. The summed E-state index contributed by atoms with van der Waals surface area (Å²) >= 11 is 0. The summed E-state index contributed by atoms with van der Waals surface area (Å²) < 4.78 is 13.4. The molecule has 2 rings (SSSR count). The quantitative estimate of drug-likeness (QED) is 0.636. The fourth-order valence-electron chi connectivity index (χ4n) is 2.06. The van der Waals surface area contributed by atoms with Crippen LogP contribution in [0, 0.1) is 15.9 Å². The second kappa shape index (κ2) is 4.77. The van der Waals surface area contributed by atoms with Gasteiger partial charge in [-0.2, -0.15) is 4.39 Å². The first-order chi connectivity index (χ1) is 8.06. The van der Waals surface area contributed by atoms with Gasteiger partial charge < -0.3 is 5.73 Å². The van der Waals surface area contributed by atoms with Crippen LogP contribution in [0.3, 0.4) is 0 Å². The van der Waals surface area contributed by atoms with Crippen molar-refractivity contribution in [2.75, 3.05) is 13.1 Å². The monoisotopic (exact) mass is 239 g/mol. The summed E-state index contributed by atoms with van der Waals surface area (Å²) in [5.41, 5.74) is 6.03. The van der Waals surface area contributed by atoms with Gasteiger partial charge in [-0.25, -0.2) is 0 Å². The average Bonchev–Trinajstić information content (AvgIpc) is 2.63. The maximum absolute atomic E-state index is 13.4. The van der Waals surface area contributed by atoms with Crippen molar-refractivity contribution in [3.63, 3.8) is 0 Å². The molecule has 0 aliphatic carbocycles. The third-order valence-electron chi connectivity index (χ3n) is 2.92. The van der Waals surface area contributed by atoms with Gasteiger partial charge in [0.05, 0.1) is 4.92 Å². The van der Waals surface area contributed by atoms with Gasteiger partial charge in [-0.1, -0.05) is 6.07 Å². The molecule has 1 heterocycles. The molecule has 0 saturated carbocycles. The van der Waals surface area contributed by atoms with Gasteiger partial charge in [0.15, 0.2) is 0 Å². The van der Waals surface area contributed by atoms with Gasteiger partial charge in [-0.3, -0.25) is 15.0 Å². The van der Waals surface area contributed by atoms with Gasteiger partial charge in [-0.05, 0) is 18.1 Å². The van der Waals surface area contributed by atoms with Crippen molar-refractivity contribution in [3.8, 4) is 0 Å². The van der Waals surface area contributed by atoms with Gasteiger partial charge in [0.2, 0.25) is 5.82 Å². The molecule has 17 heavy (non-hydrogen) atoms. The molecule has 1 atom stereocenters. The smallest absolute Gasteiger partial charge is 0.304 e. The number of rotatable bonds is 3. The van der Waals surface area contributed by atoms with Crippen molar-refractivity contribution in [3.05, 3.63) is 39.7 Å². The lowest BCUT2D eigenvalue weighted by atomic mass is 10.2. The number of nitrogens with zero attached hydrogens (tertiary/aromatic N) is 2. The maximum Gasteiger partial charge on any atom is 0.304 e. The van der Waals surface area contributed by atoms with E-state index in [1.54, 1.807) is 6.07 Å². The molecule has 6 heteroatoms. The molecule has 0 amide bonds. The number of hydrogen-bond donors (Lipinski definition) is 1. The Kier molecular flexibility index (Phi) is 3.35. The van der Waals surface area contributed by atoms with E-state index in [0.29, 0.717) is 6.54 Å². The second-order valence-electron chi connectivity index (χ2n) is 4.33. The molecule has 0 unspecified atom stereocenters. The highest BCUT2D eigenvalue weighted by Crippen LogP contribution is 2.20. The Labute approximate surface area is 98.2 Å². The Morgan fingerprint density at radius 2 is 2.35 bits per heavy atom. The van der Waals surface area contributed by atoms with Gasteiger partial charge in [0.1, 0.15) is 0 Å². The van der Waals surface area contributed by atoms with Crippen LogP contribution in [0.1, 0.15) is 12.0 Å². The normalized spacial score (nSPS) is 20.7. The zero-order chi connectivity index (χ0) is 12.4. The Balaban J connectivity index is 2.07. The van der Waals surface area contributed by atoms with E-state index < -0.39 is 16.4 Å². The van der Waals surface area contributed by atoms with Gasteiger partial charge in [0.25, 0.3) is 0 Å². The van der Waals surface area contributed by atoms with Crippen LogP contribution >= 0.6 is 0 Å². The van der Waals surface area contributed by atoms with Gasteiger partial charge in [-0.15, -0.1) is 0 Å². The summed E-state index contributed by atoms with van der Waals surface area (Å²) in [5, 5.41) is 10.5. The standard InChI is InChI=1S/C11H14FN3O2/c12-10-5-8(1-2-11(10)15(16)17)6-14-4-3-9(13)7-14/h1-2,5,9H,3-4,6-7,13H2/t9-/m0/s1. The van der Waals surface area contributed by atoms with Crippen LogP contribution in [0.25, 0.3) is 0 Å². The Bertz CT molecular complexity index is 439. The molecular formula is C11H14FN3O2. The largest absolute Gasteiger partial charge is 0.326 e. The highest BCUT2D eigenvalue weighted by molar-refractivity contribution is 5.35. The molecule has 1 aliphatic rings. The SMILES string of the molecule is N[C@H]1CCN(Cc2ccc([N+](=O)[O-])c(F)c2)C1. The zero-order valence-electron chi connectivity index (χ0n) is 9.30. The number of nitrogens with two attached hydrogens (primary N) is 1. The third kappa shape index (κ3) is 2.78. The summed E-state index contributed by atoms with van der Waals surface area (Å²) in [6.45, 7) is 2.26. The average molecular weight is 239 g/mol. The Morgan fingerprint density at radius 1 is 1.59 bits per heavy atom. The van der Waals surface area contributed by atoms with Crippen LogP contribution < -0.4 is 5.73 Å². The van der Waals surface area contributed by atoms with Crippen LogP contribution in [0.4, 0.5) is 10.1 Å². The van der Waals surface area contributed by atoms with Crippen LogP contribution in [-0.4, -0.2) is 29.0 Å². The summed E-state index contributed by atoms with van der Waals surface area (Å²) in [6.07, 6.45) is 0.940. The third-order valence-corrected chi connectivity index (χ3v) is 2.92. The molecule has 0 aromatic heterocycles. The van der Waals surface area contributed by atoms with Gasteiger partial charge in [0, 0.05) is 31.7 Å². The molecular weight excluding hydrogens is 225 g/mol. The Hall–Kier alpha value is -1.53. The van der Waals surface area contributed by atoms with Crippen molar-refractivity contribution in [2.45, 2.75) is 19.0 Å². The van der Waals surface area contributed by atoms with E-state index in [9.17, 15) is 14.5 Å². The predicted octanol–water partition coefficient (Wildman–Crippen LogP) is 1.27. The van der Waals surface area contributed by atoms with Gasteiger partial charge >= 0.3 is 5.69 Å². The van der Waals surface area contributed by atoms with E-state index >= 15 is 0 Å². The minimum atomic E-state index is -0.781. The number of halogens is 1. The van der Waals surface area contributed by atoms with Crippen LogP contribution in [0.15, 0.2) is 18.2 Å². The molecule has 2 N–H and O–H groups in total. The minimum Gasteiger partial charge on any atom is -0.326 e. The summed E-state index contributed by atoms with van der Waals surface area (Å²) in [4.78, 5) is 11.9. The number of benzene rings is 1. The lowest BCUT2D eigenvalue weighted by Gasteiger charge is -2.14. The lowest BCUT2D eigenvalue weighted by Crippen LogP contribution is -2.26. The Morgan fingerprint density at radius 3 is 2.88 bits per heavy atom. The highest BCUT2D eigenvalue weighted by atomic mass is 19.1. The molecule has 1 aromatic rings. The van der Waals surface area contributed by atoms with E-state index in [-0.39, 0.29) is 6.04 Å². The number of likely N-dealkylation sites (tertiary alicyclic amines) is 1. The van der Waals surface area contributed by atoms with E-state index in [1.807, 2.05) is 0 Å². The van der Waals surface area contributed by atoms with Crippen molar-refractivity contribution < 1.29 is 9.31 Å². The van der Waals surface area contributed by atoms with Crippen molar-refractivity contribution in [1.82, 2.24) is 4.90 Å². The molecule has 1 aromatic carbocycles. The topological polar surface area (TPSA) is 72.4 Å². The number of hydrogen-bond acceptors (Lipinski definition) is 4. The fraction of sp³-hybridized carbons (Fsp3) is 0.455. The van der Waals surface area contributed by atoms with Crippen LogP contribution in [-0.2, 0) is 6.54 Å². The zero-order valence-corrected chi connectivity index (χ0v) is 9.30. The molecule has 0 spiro atoms. The van der Waals surface area contributed by atoms with E-state index in [2.05, 4.69) is 4.90 Å². The second-order valence-corrected chi connectivity index (χ2v) is 4.33. The summed E-state index contributed by atoms with van der Waals surface area (Å²) in [7, 11) is 0. The maximum atomic E-state index is 13.4. The number of nitro groups is 1. The minimum absolute atomic E-state index is 0.179. The van der Waals surface area contributed by atoms with E-state index in [0.717, 1.165) is 25.1 Å². The first-order valence-corrected chi connectivity index (χ1v) is 5.47. The first kappa shape index (κ1) is 11.9. The molecule has 5 nitrogen and oxygen atoms in total. The highest BCUT2D eigenvalue weighted by Gasteiger charge is 2.20. The lowest BCUT2D eigenvalue weighted by molar-refractivity contribution is -0.387. The number of nitro benzene ring substituents is 1. The molecule has 1 saturated heterocycles. The molecule has 1 aliphatic heterocycles. The van der Waals surface area contributed by atoms with Crippen molar-refractivity contribution >= 4 is 5.69 Å². The van der Waals surface area contributed by atoms with Crippen LogP contribution in [0.2, 0.25) is 0 Å². The van der Waals surface area contributed by atoms with E-state index in [1.165, 1.54) is 12.1 Å². The molecule has 92 valence electrons. The van der Waals surface area contributed by atoms with Crippen molar-refractivity contribution in [2.24, 2.45) is 5.73 Å². The first-order valence-electron chi connectivity index (χ1n) is 5.47. The fourth-order valence-corrected chi connectivity index (χ4v) is 2.06. The van der Waals surface area contributed by atoms with Crippen molar-refractivity contribution in [1.29, 1.82) is 0 Å². The summed E-state index contributed by atoms with van der Waals surface area (Å²) in [6, 6.07) is 4.20. The molecule has 1 fully saturated rings. The van der Waals surface area contributed by atoms with Crippen LogP contribution in [0.5, 0.6) is 0 Å². The van der Waals surface area contributed by atoms with E-state index in [4.69, 9.17) is 5.73 Å². The molecule has 0 radical (unpaired) electrons.